The molecule has 58 heavy (non-hydrogen) atoms. The minimum absolute atomic E-state index is 0.115. The Balaban J connectivity index is 1.17. The van der Waals surface area contributed by atoms with Crippen molar-refractivity contribution in [1.29, 1.82) is 0 Å². The van der Waals surface area contributed by atoms with Gasteiger partial charge in [0, 0.05) is 44.3 Å². The van der Waals surface area contributed by atoms with Crippen LogP contribution in [0.15, 0.2) is 78.9 Å². The Morgan fingerprint density at radius 2 is 1.57 bits per heavy atom. The van der Waals surface area contributed by atoms with Crippen LogP contribution in [-0.2, 0) is 36.8 Å². The molecule has 3 aromatic carbocycles. The molecule has 3 saturated heterocycles. The number of nitrogens with one attached hydrogen (secondary N) is 4. The van der Waals surface area contributed by atoms with Crippen molar-refractivity contribution in [2.45, 2.75) is 103 Å². The Hall–Kier alpha value is -5.27. The number of anilines is 1. The maximum Gasteiger partial charge on any atom is 0.413 e. The van der Waals surface area contributed by atoms with E-state index in [1.165, 1.54) is 4.90 Å². The number of Topliss-reactive ketones (excluding diaryl/α,β-unsaturated/α-hetero) is 1. The minimum atomic E-state index is -1.03. The molecule has 3 aromatic rings. The summed E-state index contributed by atoms with van der Waals surface area (Å²) >= 11 is 0. The van der Waals surface area contributed by atoms with E-state index in [4.69, 9.17) is 9.47 Å². The van der Waals surface area contributed by atoms with Crippen LogP contribution in [0.4, 0.5) is 10.5 Å². The Labute approximate surface area is 341 Å². The summed E-state index contributed by atoms with van der Waals surface area (Å²) in [5.41, 5.74) is 2.73. The number of hydrogen-bond acceptors (Lipinski definition) is 9. The van der Waals surface area contributed by atoms with E-state index in [0.717, 1.165) is 48.6 Å². The van der Waals surface area contributed by atoms with E-state index in [1.807, 2.05) is 100 Å². The number of aryl methyl sites for hydroxylation is 2. The van der Waals surface area contributed by atoms with Crippen LogP contribution in [0.5, 0.6) is 5.75 Å². The van der Waals surface area contributed by atoms with Crippen LogP contribution in [0.1, 0.15) is 63.6 Å². The average Bonchev–Trinajstić information content (AvgIpc) is 3.91. The quantitative estimate of drug-likeness (QED) is 0.148. The van der Waals surface area contributed by atoms with E-state index in [9.17, 15) is 24.0 Å². The predicted molar refractivity (Wildman–Crippen MR) is 222 cm³/mol. The summed E-state index contributed by atoms with van der Waals surface area (Å²) in [5, 5.41) is 12.0. The summed E-state index contributed by atoms with van der Waals surface area (Å²) in [6, 6.07) is 20.6. The lowest BCUT2D eigenvalue weighted by molar-refractivity contribution is -0.142. The summed E-state index contributed by atoms with van der Waals surface area (Å²) < 4.78 is 11.2. The first-order valence-electron chi connectivity index (χ1n) is 20.5. The number of benzene rings is 3. The molecule has 3 heterocycles. The van der Waals surface area contributed by atoms with Crippen LogP contribution < -0.4 is 30.9 Å². The third-order valence-corrected chi connectivity index (χ3v) is 11.3. The number of likely N-dealkylation sites (tertiary alicyclic amines) is 1. The number of epoxide rings is 1. The highest BCUT2D eigenvalue weighted by Gasteiger charge is 2.51. The first kappa shape index (κ1) is 42.3. The summed E-state index contributed by atoms with van der Waals surface area (Å²) in [7, 11) is 0. The van der Waals surface area contributed by atoms with Crippen LogP contribution in [-0.4, -0.2) is 103 Å². The van der Waals surface area contributed by atoms with Gasteiger partial charge in [0.25, 0.3) is 0 Å². The second-order valence-corrected chi connectivity index (χ2v) is 16.5. The zero-order valence-electron chi connectivity index (χ0n) is 34.3. The number of rotatable bonds is 17. The first-order chi connectivity index (χ1) is 27.8. The Bertz CT molecular complexity index is 1910. The monoisotopic (exact) mass is 794 g/mol. The third kappa shape index (κ3) is 10.8. The van der Waals surface area contributed by atoms with E-state index in [2.05, 4.69) is 26.2 Å². The number of nitrogens with zero attached hydrogens (tertiary/aromatic N) is 2. The molecule has 0 aliphatic carbocycles. The highest BCUT2D eigenvalue weighted by molar-refractivity contribution is 5.99. The fraction of sp³-hybridized carbons (Fsp3) is 0.489. The number of amides is 4. The highest BCUT2D eigenvalue weighted by Crippen LogP contribution is 2.31. The van der Waals surface area contributed by atoms with E-state index >= 15 is 0 Å². The summed E-state index contributed by atoms with van der Waals surface area (Å²) in [5.74, 6) is -1.08. The van der Waals surface area contributed by atoms with E-state index in [0.29, 0.717) is 25.2 Å². The minimum Gasteiger partial charge on any atom is -0.410 e. The smallest absolute Gasteiger partial charge is 0.410 e. The fourth-order valence-corrected chi connectivity index (χ4v) is 7.91. The highest BCUT2D eigenvalue weighted by atomic mass is 16.6. The van der Waals surface area contributed by atoms with Crippen molar-refractivity contribution in [3.05, 3.63) is 95.6 Å². The molecule has 6 atom stereocenters. The molecule has 4 amide bonds. The second-order valence-electron chi connectivity index (χ2n) is 16.5. The molecule has 310 valence electrons. The van der Waals surface area contributed by atoms with Crippen LogP contribution in [0.3, 0.4) is 0 Å². The van der Waals surface area contributed by atoms with Crippen molar-refractivity contribution in [2.75, 3.05) is 37.7 Å². The van der Waals surface area contributed by atoms with Crippen molar-refractivity contribution in [3.8, 4) is 5.75 Å². The Morgan fingerprint density at radius 1 is 0.914 bits per heavy atom. The molecule has 0 aromatic heterocycles. The molecule has 0 radical (unpaired) electrons. The van der Waals surface area contributed by atoms with Gasteiger partial charge < -0.3 is 40.5 Å². The zero-order valence-corrected chi connectivity index (χ0v) is 34.3. The van der Waals surface area contributed by atoms with Crippen LogP contribution in [0, 0.1) is 12.8 Å². The molecule has 3 aliphatic rings. The number of ketones is 1. The van der Waals surface area contributed by atoms with Crippen LogP contribution >= 0.6 is 0 Å². The van der Waals surface area contributed by atoms with E-state index in [-0.39, 0.29) is 31.0 Å². The van der Waals surface area contributed by atoms with Crippen molar-refractivity contribution >= 4 is 35.3 Å². The molecule has 0 bridgehead atoms. The third-order valence-electron chi connectivity index (χ3n) is 11.3. The average molecular weight is 795 g/mol. The first-order valence-corrected chi connectivity index (χ1v) is 20.5. The molecule has 4 N–H and O–H groups in total. The Morgan fingerprint density at radius 3 is 2.19 bits per heavy atom. The molecule has 3 aliphatic heterocycles. The molecule has 0 spiro atoms. The van der Waals surface area contributed by atoms with Gasteiger partial charge in [-0.05, 0) is 87.3 Å². The molecule has 13 nitrogen and oxygen atoms in total. The zero-order chi connectivity index (χ0) is 41.4. The maximum atomic E-state index is 14.3. The van der Waals surface area contributed by atoms with Gasteiger partial charge >= 0.3 is 6.09 Å². The van der Waals surface area contributed by atoms with Crippen LogP contribution in [0.2, 0.25) is 0 Å². The summed E-state index contributed by atoms with van der Waals surface area (Å²) in [4.78, 5) is 73.4. The lowest BCUT2D eigenvalue weighted by Crippen LogP contribution is -2.57. The summed E-state index contributed by atoms with van der Waals surface area (Å²) in [6.45, 7) is 13.3. The number of hydrogen-bond donors (Lipinski definition) is 4. The van der Waals surface area contributed by atoms with Gasteiger partial charge in [-0.3, -0.25) is 19.2 Å². The Kier molecular flexibility index (Phi) is 13.9. The van der Waals surface area contributed by atoms with Crippen molar-refractivity contribution in [3.63, 3.8) is 0 Å². The molecule has 13 heteroatoms. The van der Waals surface area contributed by atoms with Gasteiger partial charge in [0.2, 0.25) is 17.7 Å². The van der Waals surface area contributed by atoms with Gasteiger partial charge in [0.1, 0.15) is 29.5 Å². The number of carbonyl (C=O) groups is 5. The number of ether oxygens (including phenoxy) is 2. The molecular weight excluding hydrogens is 737 g/mol. The molecule has 3 fully saturated rings. The van der Waals surface area contributed by atoms with Crippen molar-refractivity contribution in [2.24, 2.45) is 5.92 Å². The number of piperazine rings is 1. The molecule has 6 rings (SSSR count). The van der Waals surface area contributed by atoms with Gasteiger partial charge in [0.05, 0.1) is 12.6 Å². The maximum absolute atomic E-state index is 14.3. The van der Waals surface area contributed by atoms with Gasteiger partial charge in [-0.25, -0.2) is 4.79 Å². The lowest BCUT2D eigenvalue weighted by atomic mass is 9.92. The standard InChI is InChI=1S/C45H58N6O7/c1-29(2)24-36(40(52)45(5)28-57-45)47-42(54)38(27-33-14-10-7-11-15-33)51-31(4)26-37(43(51)55)48-41(53)35(18-16-32-12-8-6-9-13-32)49-44(56)58-39-19-17-34(25-30(39)3)50-22-20-46-21-23-50/h6-15,17,19,25,29,31,35-38,46H,16,18,20-24,26-28H2,1-5H3,(H,47,54)(H,48,53)(H,49,56)/t31?,35-,36-,37-,38-,45+/m0/s1. The van der Waals surface area contributed by atoms with Crippen LogP contribution in [0.25, 0.3) is 0 Å². The lowest BCUT2D eigenvalue weighted by Gasteiger charge is -2.33. The number of carbonyl (C=O) groups excluding carboxylic acids is 5. The van der Waals surface area contributed by atoms with E-state index < -0.39 is 59.6 Å². The van der Waals surface area contributed by atoms with Gasteiger partial charge in [0.15, 0.2) is 5.78 Å². The molecule has 1 unspecified atom stereocenters. The summed E-state index contributed by atoms with van der Waals surface area (Å²) in [6.07, 6.45) is 0.831. The molecule has 0 saturated carbocycles. The normalized spacial score (nSPS) is 21.9. The van der Waals surface area contributed by atoms with E-state index in [1.54, 1.807) is 13.0 Å². The predicted octanol–water partition coefficient (Wildman–Crippen LogP) is 4.10. The van der Waals surface area contributed by atoms with Gasteiger partial charge in [-0.1, -0.05) is 74.5 Å². The fourth-order valence-electron chi connectivity index (χ4n) is 7.91. The van der Waals surface area contributed by atoms with Gasteiger partial charge in [-0.2, -0.15) is 0 Å². The topological polar surface area (TPSA) is 162 Å². The largest absolute Gasteiger partial charge is 0.413 e. The SMILES string of the molecule is Cc1cc(N2CCNCC2)ccc1OC(=O)N[C@@H](CCc1ccccc1)C(=O)N[C@H]1CC(C)N([C@@H](Cc2ccccc2)C(=O)N[C@@H](CC(C)C)C(=O)[C@@]2(C)CO2)C1=O. The van der Waals surface area contributed by atoms with Crippen molar-refractivity contribution < 1.29 is 33.4 Å². The molecular formula is C45H58N6O7. The van der Waals surface area contributed by atoms with Crippen molar-refractivity contribution in [1.82, 2.24) is 26.2 Å². The van der Waals surface area contributed by atoms with Gasteiger partial charge in [-0.15, -0.1) is 0 Å². The second kappa shape index (κ2) is 19.0.